The molecule has 21 heavy (non-hydrogen) atoms. The second-order valence-corrected chi connectivity index (χ2v) is 6.27. The molecule has 0 unspecified atom stereocenters. The lowest BCUT2D eigenvalue weighted by Gasteiger charge is -1.98. The smallest absolute Gasteiger partial charge is 0.269 e. The van der Waals surface area contributed by atoms with Crippen LogP contribution in [0.4, 0.5) is 5.13 Å². The maximum Gasteiger partial charge on any atom is 0.269 e. The molecule has 0 aliphatic carbocycles. The molecule has 4 nitrogen and oxygen atoms in total. The Morgan fingerprint density at radius 2 is 1.76 bits per heavy atom. The van der Waals surface area contributed by atoms with E-state index in [-0.39, 0.29) is 5.91 Å². The van der Waals surface area contributed by atoms with E-state index in [0.29, 0.717) is 10.0 Å². The van der Waals surface area contributed by atoms with E-state index in [0.717, 1.165) is 21.1 Å². The minimum atomic E-state index is -0.159. The number of carbonyl (C=O) groups is 1. The van der Waals surface area contributed by atoms with Crippen LogP contribution < -0.4 is 5.32 Å². The number of nitrogens with one attached hydrogen (secondary N) is 1. The summed E-state index contributed by atoms with van der Waals surface area (Å²) in [4.78, 5) is 17.4. The molecule has 6 heteroatoms. The van der Waals surface area contributed by atoms with Gasteiger partial charge in [-0.25, -0.2) is 4.98 Å². The average Bonchev–Trinajstić information content (AvgIpc) is 3.10. The van der Waals surface area contributed by atoms with Gasteiger partial charge in [0.1, 0.15) is 4.88 Å². The molecule has 2 aromatic heterocycles. The van der Waals surface area contributed by atoms with E-state index in [9.17, 15) is 4.79 Å². The van der Waals surface area contributed by atoms with Crippen molar-refractivity contribution in [1.82, 2.24) is 9.36 Å². The average molecular weight is 311 g/mol. The van der Waals surface area contributed by atoms with Gasteiger partial charge in [0.2, 0.25) is 0 Å². The molecule has 0 aliphatic rings. The summed E-state index contributed by atoms with van der Waals surface area (Å²) >= 11 is 2.68. The Balaban J connectivity index is 1.69. The SMILES string of the molecule is O=C(Nc1nc2ccccc2s1)c1snc2ccccc12. The maximum atomic E-state index is 12.4. The van der Waals surface area contributed by atoms with Crippen molar-refractivity contribution < 1.29 is 4.79 Å². The summed E-state index contributed by atoms with van der Waals surface area (Å²) in [5.41, 5.74) is 1.74. The largest absolute Gasteiger partial charge is 0.297 e. The van der Waals surface area contributed by atoms with Gasteiger partial charge >= 0.3 is 0 Å². The van der Waals surface area contributed by atoms with Crippen LogP contribution in [0.25, 0.3) is 21.1 Å². The van der Waals surface area contributed by atoms with Crippen molar-refractivity contribution in [3.8, 4) is 0 Å². The van der Waals surface area contributed by atoms with Crippen molar-refractivity contribution in [1.29, 1.82) is 0 Å². The van der Waals surface area contributed by atoms with Gasteiger partial charge in [-0.1, -0.05) is 41.7 Å². The Labute approximate surface area is 128 Å². The molecule has 4 aromatic rings. The number of aromatic nitrogens is 2. The number of carbonyl (C=O) groups excluding carboxylic acids is 1. The number of amides is 1. The maximum absolute atomic E-state index is 12.4. The molecule has 0 saturated heterocycles. The highest BCUT2D eigenvalue weighted by molar-refractivity contribution is 7.22. The van der Waals surface area contributed by atoms with E-state index in [1.807, 2.05) is 48.5 Å². The van der Waals surface area contributed by atoms with Gasteiger partial charge in [0.05, 0.1) is 15.7 Å². The summed E-state index contributed by atoms with van der Waals surface area (Å²) in [6.45, 7) is 0. The third kappa shape index (κ3) is 2.18. The number of hydrogen-bond donors (Lipinski definition) is 1. The van der Waals surface area contributed by atoms with Crippen molar-refractivity contribution in [2.24, 2.45) is 0 Å². The van der Waals surface area contributed by atoms with Gasteiger partial charge in [0.25, 0.3) is 5.91 Å². The molecule has 102 valence electrons. The summed E-state index contributed by atoms with van der Waals surface area (Å²) in [5, 5.41) is 4.35. The molecule has 1 amide bonds. The highest BCUT2D eigenvalue weighted by Crippen LogP contribution is 2.27. The monoisotopic (exact) mass is 311 g/mol. The molecular weight excluding hydrogens is 302 g/mol. The Kier molecular flexibility index (Phi) is 2.90. The molecule has 0 aliphatic heterocycles. The van der Waals surface area contributed by atoms with Crippen molar-refractivity contribution in [3.63, 3.8) is 0 Å². The quantitative estimate of drug-likeness (QED) is 0.605. The number of hydrogen-bond acceptors (Lipinski definition) is 5. The first kappa shape index (κ1) is 12.4. The second kappa shape index (κ2) is 4.91. The number of nitrogens with zero attached hydrogens (tertiary/aromatic N) is 2. The van der Waals surface area contributed by atoms with Crippen LogP contribution in [0.2, 0.25) is 0 Å². The van der Waals surface area contributed by atoms with Gasteiger partial charge in [0, 0.05) is 5.39 Å². The van der Waals surface area contributed by atoms with E-state index < -0.39 is 0 Å². The predicted octanol–water partition coefficient (Wildman–Crippen LogP) is 4.16. The molecule has 0 atom stereocenters. The highest BCUT2D eigenvalue weighted by Gasteiger charge is 2.15. The number of anilines is 1. The summed E-state index contributed by atoms with van der Waals surface area (Å²) in [6.07, 6.45) is 0. The number of para-hydroxylation sites is 1. The van der Waals surface area contributed by atoms with Crippen molar-refractivity contribution in [2.75, 3.05) is 5.32 Å². The number of rotatable bonds is 2. The molecule has 4 rings (SSSR count). The first-order valence-corrected chi connectivity index (χ1v) is 7.91. The van der Waals surface area contributed by atoms with E-state index >= 15 is 0 Å². The van der Waals surface area contributed by atoms with Crippen LogP contribution in [-0.4, -0.2) is 15.3 Å². The second-order valence-electron chi connectivity index (χ2n) is 4.47. The molecule has 0 spiro atoms. The zero-order chi connectivity index (χ0) is 14.2. The normalized spacial score (nSPS) is 11.0. The molecule has 2 heterocycles. The lowest BCUT2D eigenvalue weighted by atomic mass is 10.2. The third-order valence-electron chi connectivity index (χ3n) is 3.10. The minimum Gasteiger partial charge on any atom is -0.297 e. The zero-order valence-electron chi connectivity index (χ0n) is 10.7. The van der Waals surface area contributed by atoms with Crippen LogP contribution in [0.15, 0.2) is 48.5 Å². The van der Waals surface area contributed by atoms with Gasteiger partial charge in [-0.3, -0.25) is 10.1 Å². The third-order valence-corrected chi connectivity index (χ3v) is 4.93. The zero-order valence-corrected chi connectivity index (χ0v) is 12.4. The summed E-state index contributed by atoms with van der Waals surface area (Å²) in [7, 11) is 0. The molecule has 0 fully saturated rings. The van der Waals surface area contributed by atoms with Crippen molar-refractivity contribution >= 4 is 55.0 Å². The number of fused-ring (bicyclic) bond motifs is 2. The van der Waals surface area contributed by atoms with Crippen LogP contribution in [0.3, 0.4) is 0 Å². The van der Waals surface area contributed by atoms with E-state index in [4.69, 9.17) is 0 Å². The van der Waals surface area contributed by atoms with E-state index in [2.05, 4.69) is 14.7 Å². The molecular formula is C15H9N3OS2. The van der Waals surface area contributed by atoms with Gasteiger partial charge in [-0.15, -0.1) is 0 Å². The van der Waals surface area contributed by atoms with Crippen molar-refractivity contribution in [2.45, 2.75) is 0 Å². The van der Waals surface area contributed by atoms with E-state index in [1.165, 1.54) is 22.9 Å². The molecule has 0 saturated carbocycles. The Bertz CT molecular complexity index is 925. The molecule has 0 radical (unpaired) electrons. The van der Waals surface area contributed by atoms with Crippen LogP contribution in [0.1, 0.15) is 9.67 Å². The fourth-order valence-electron chi connectivity index (χ4n) is 2.13. The molecule has 1 N–H and O–H groups in total. The van der Waals surface area contributed by atoms with Gasteiger partial charge in [-0.05, 0) is 29.7 Å². The highest BCUT2D eigenvalue weighted by atomic mass is 32.1. The van der Waals surface area contributed by atoms with Crippen LogP contribution >= 0.6 is 22.9 Å². The van der Waals surface area contributed by atoms with Gasteiger partial charge in [-0.2, -0.15) is 4.37 Å². The first-order valence-electron chi connectivity index (χ1n) is 6.32. The minimum absolute atomic E-state index is 0.159. The lowest BCUT2D eigenvalue weighted by molar-refractivity contribution is 0.103. The molecule has 0 bridgehead atoms. The fraction of sp³-hybridized carbons (Fsp3) is 0. The van der Waals surface area contributed by atoms with Gasteiger partial charge in [0.15, 0.2) is 5.13 Å². The Morgan fingerprint density at radius 3 is 2.62 bits per heavy atom. The summed E-state index contributed by atoms with van der Waals surface area (Å²) in [6, 6.07) is 15.5. The Hall–Kier alpha value is -2.31. The first-order chi connectivity index (χ1) is 10.3. The van der Waals surface area contributed by atoms with Crippen molar-refractivity contribution in [3.05, 3.63) is 53.4 Å². The molecule has 2 aromatic carbocycles. The van der Waals surface area contributed by atoms with Crippen LogP contribution in [0, 0.1) is 0 Å². The lowest BCUT2D eigenvalue weighted by Crippen LogP contribution is -2.10. The fourth-order valence-corrected chi connectivity index (χ4v) is 3.75. The number of benzene rings is 2. The van der Waals surface area contributed by atoms with Crippen LogP contribution in [-0.2, 0) is 0 Å². The predicted molar refractivity (Wildman–Crippen MR) is 87.2 cm³/mol. The van der Waals surface area contributed by atoms with E-state index in [1.54, 1.807) is 0 Å². The van der Waals surface area contributed by atoms with Gasteiger partial charge < -0.3 is 0 Å². The summed E-state index contributed by atoms with van der Waals surface area (Å²) < 4.78 is 5.35. The Morgan fingerprint density at radius 1 is 1.00 bits per heavy atom. The summed E-state index contributed by atoms with van der Waals surface area (Å²) in [5.74, 6) is -0.159. The topological polar surface area (TPSA) is 54.9 Å². The number of thiazole rings is 1. The standard InChI is InChI=1S/C15H9N3OS2/c19-14(13-9-5-1-2-6-10(9)18-21-13)17-15-16-11-7-3-4-8-12(11)20-15/h1-8H,(H,16,17,19). The van der Waals surface area contributed by atoms with Crippen LogP contribution in [0.5, 0.6) is 0 Å².